The summed E-state index contributed by atoms with van der Waals surface area (Å²) < 4.78 is 1.43. The SMILES string of the molecule is Cn1nnnc1SCC1=C(C(=O)O)N2C(=O)C[C@H]2SC1NC(=O)/C(=N\OCc1csc(N)n1)c1csc(N)n1. The molecule has 0 aromatic carbocycles. The second kappa shape index (κ2) is 11.2. The minimum Gasteiger partial charge on any atom is -0.477 e. The van der Waals surface area contributed by atoms with Crippen molar-refractivity contribution in [1.82, 2.24) is 40.4 Å². The third-order valence-electron chi connectivity index (χ3n) is 5.38. The minimum atomic E-state index is -1.29. The number of thiazole rings is 2. The topological polar surface area (TPSA) is 230 Å². The number of aliphatic carboxylic acids is 1. The molecule has 1 saturated heterocycles. The van der Waals surface area contributed by atoms with E-state index in [9.17, 15) is 19.5 Å². The quantitative estimate of drug-likeness (QED) is 0.103. The number of carboxylic acids is 1. The summed E-state index contributed by atoms with van der Waals surface area (Å²) in [5.41, 5.74) is 12.1. The number of β-lactam (4-membered cyclic amide) rings is 1. The third-order valence-corrected chi connectivity index (χ3v) is 9.20. The third kappa shape index (κ3) is 5.67. The van der Waals surface area contributed by atoms with Gasteiger partial charge in [0.1, 0.15) is 16.8 Å². The van der Waals surface area contributed by atoms with Gasteiger partial charge in [-0.3, -0.25) is 14.5 Å². The predicted octanol–water partition coefficient (Wildman–Crippen LogP) is 0.0869. The fourth-order valence-electron chi connectivity index (χ4n) is 3.61. The van der Waals surface area contributed by atoms with E-state index in [1.807, 2.05) is 0 Å². The number of aryl methyl sites for hydroxylation is 1. The molecule has 0 radical (unpaired) electrons. The van der Waals surface area contributed by atoms with Gasteiger partial charge in [-0.25, -0.2) is 19.4 Å². The zero-order valence-corrected chi connectivity index (χ0v) is 23.1. The highest BCUT2D eigenvalue weighted by Gasteiger charge is 2.49. The van der Waals surface area contributed by atoms with E-state index in [2.05, 4.69) is 36.0 Å². The summed E-state index contributed by atoms with van der Waals surface area (Å²) in [6, 6.07) is 0. The van der Waals surface area contributed by atoms with Crippen molar-refractivity contribution in [2.24, 2.45) is 12.2 Å². The number of carboxylic acid groups (broad SMARTS) is 1. The molecular formula is C19H19N11O5S4. The predicted molar refractivity (Wildman–Crippen MR) is 143 cm³/mol. The van der Waals surface area contributed by atoms with Gasteiger partial charge >= 0.3 is 5.97 Å². The first kappa shape index (κ1) is 26.8. The molecule has 2 aliphatic rings. The number of nitrogens with one attached hydrogen (secondary N) is 1. The number of hydrogen-bond donors (Lipinski definition) is 4. The first-order valence-electron chi connectivity index (χ1n) is 10.9. The number of anilines is 2. The highest BCUT2D eigenvalue weighted by molar-refractivity contribution is 8.01. The standard InChI is InChI=1S/C19H19N11O5S4/c1-29-19(25-27-28-29)38-5-8-13(16(33)34)30-10(31)2-11(30)39-15(8)24-14(32)12(9-6-37-18(21)23-9)26-35-3-7-4-36-17(20)22-7/h4,6,11,15H,2-3,5H2,1H3,(H2,20,22)(H2,21,23)(H,24,32)(H,33,34)/b26-12-/t11-,15?/m1/s1. The molecule has 0 saturated carbocycles. The highest BCUT2D eigenvalue weighted by atomic mass is 32.2. The number of thioether (sulfide) groups is 2. The summed E-state index contributed by atoms with van der Waals surface area (Å²) in [7, 11) is 1.64. The van der Waals surface area contributed by atoms with Crippen LogP contribution in [0.1, 0.15) is 17.8 Å². The van der Waals surface area contributed by atoms with Crippen LogP contribution in [0.4, 0.5) is 10.3 Å². The van der Waals surface area contributed by atoms with Gasteiger partial charge in [-0.05, 0) is 10.4 Å². The lowest BCUT2D eigenvalue weighted by Crippen LogP contribution is -2.58. The second-order valence-electron chi connectivity index (χ2n) is 7.93. The van der Waals surface area contributed by atoms with E-state index < -0.39 is 22.6 Å². The van der Waals surface area contributed by atoms with Gasteiger partial charge < -0.3 is 26.7 Å². The Hall–Kier alpha value is -3.75. The van der Waals surface area contributed by atoms with Gasteiger partial charge in [0, 0.05) is 29.1 Å². The van der Waals surface area contributed by atoms with Crippen LogP contribution in [0.5, 0.6) is 0 Å². The van der Waals surface area contributed by atoms with E-state index in [0.717, 1.165) is 11.3 Å². The maximum Gasteiger partial charge on any atom is 0.352 e. The van der Waals surface area contributed by atoms with Gasteiger partial charge in [0.05, 0.1) is 17.5 Å². The number of amides is 2. The van der Waals surface area contributed by atoms with Crippen molar-refractivity contribution in [1.29, 1.82) is 0 Å². The van der Waals surface area contributed by atoms with Crippen LogP contribution in [0.3, 0.4) is 0 Å². The number of nitrogens with zero attached hydrogens (tertiary/aromatic N) is 8. The van der Waals surface area contributed by atoms with Crippen molar-refractivity contribution >= 4 is 80.0 Å². The molecule has 3 aromatic heterocycles. The number of carbonyl (C=O) groups is 3. The van der Waals surface area contributed by atoms with Crippen LogP contribution < -0.4 is 16.8 Å². The monoisotopic (exact) mass is 609 g/mol. The maximum absolute atomic E-state index is 13.5. The lowest BCUT2D eigenvalue weighted by Gasteiger charge is -2.46. The number of aromatic nitrogens is 6. The Morgan fingerprint density at radius 3 is 2.67 bits per heavy atom. The highest BCUT2D eigenvalue weighted by Crippen LogP contribution is 2.44. The first-order valence-corrected chi connectivity index (χ1v) is 14.6. The van der Waals surface area contributed by atoms with Gasteiger partial charge in [-0.2, -0.15) is 0 Å². The second-order valence-corrected chi connectivity index (χ2v) is 11.9. The van der Waals surface area contributed by atoms with E-state index >= 15 is 0 Å². The van der Waals surface area contributed by atoms with E-state index in [-0.39, 0.29) is 46.9 Å². The molecule has 16 nitrogen and oxygen atoms in total. The van der Waals surface area contributed by atoms with Crippen molar-refractivity contribution in [3.63, 3.8) is 0 Å². The Balaban J connectivity index is 1.42. The van der Waals surface area contributed by atoms with Crippen molar-refractivity contribution in [2.45, 2.75) is 28.9 Å². The van der Waals surface area contributed by atoms with Crippen molar-refractivity contribution < 1.29 is 24.3 Å². The van der Waals surface area contributed by atoms with Gasteiger partial charge in [0.25, 0.3) is 5.91 Å². The van der Waals surface area contributed by atoms with Crippen LogP contribution in [-0.4, -0.2) is 80.2 Å². The normalized spacial score (nSPS) is 19.1. The molecular weight excluding hydrogens is 591 g/mol. The molecule has 2 atom stereocenters. The van der Waals surface area contributed by atoms with Crippen LogP contribution in [0, 0.1) is 0 Å². The molecule has 39 heavy (non-hydrogen) atoms. The molecule has 2 aliphatic heterocycles. The Bertz CT molecular complexity index is 1500. The van der Waals surface area contributed by atoms with Gasteiger partial charge in [0.15, 0.2) is 22.6 Å². The largest absolute Gasteiger partial charge is 0.477 e. The van der Waals surface area contributed by atoms with Crippen molar-refractivity contribution in [2.75, 3.05) is 17.2 Å². The molecule has 5 heterocycles. The molecule has 0 aliphatic carbocycles. The van der Waals surface area contributed by atoms with E-state index in [0.29, 0.717) is 21.6 Å². The number of fused-ring (bicyclic) bond motifs is 1. The van der Waals surface area contributed by atoms with Crippen LogP contribution in [0.2, 0.25) is 0 Å². The Labute approximate surface area is 235 Å². The first-order chi connectivity index (χ1) is 18.7. The number of hydrogen-bond acceptors (Lipinski definition) is 16. The number of oxime groups is 1. The number of nitrogen functional groups attached to an aromatic ring is 2. The van der Waals surface area contributed by atoms with Crippen LogP contribution in [0.15, 0.2) is 32.3 Å². The number of tetrazole rings is 1. The molecule has 1 unspecified atom stereocenters. The lowest BCUT2D eigenvalue weighted by molar-refractivity contribution is -0.146. The molecule has 6 N–H and O–H groups in total. The summed E-state index contributed by atoms with van der Waals surface area (Å²) in [6.07, 6.45) is 0.144. The molecule has 2 amide bonds. The molecule has 1 fully saturated rings. The molecule has 20 heteroatoms. The summed E-state index contributed by atoms with van der Waals surface area (Å²) in [5.74, 6) is -2.19. The van der Waals surface area contributed by atoms with Gasteiger partial charge in [-0.15, -0.1) is 39.5 Å². The summed E-state index contributed by atoms with van der Waals surface area (Å²) in [4.78, 5) is 52.9. The van der Waals surface area contributed by atoms with E-state index in [1.165, 1.54) is 44.4 Å². The number of rotatable bonds is 10. The molecule has 0 bridgehead atoms. The van der Waals surface area contributed by atoms with Crippen LogP contribution >= 0.6 is 46.2 Å². The smallest absolute Gasteiger partial charge is 0.352 e. The lowest BCUT2D eigenvalue weighted by atomic mass is 10.1. The average molecular weight is 610 g/mol. The van der Waals surface area contributed by atoms with Crippen molar-refractivity contribution in [3.8, 4) is 0 Å². The average Bonchev–Trinajstić information content (AvgIpc) is 3.61. The molecule has 3 aromatic rings. The summed E-state index contributed by atoms with van der Waals surface area (Å²) in [6.45, 7) is -0.0435. The Morgan fingerprint density at radius 1 is 1.28 bits per heavy atom. The van der Waals surface area contributed by atoms with E-state index in [4.69, 9.17) is 16.3 Å². The Morgan fingerprint density at radius 2 is 2.05 bits per heavy atom. The van der Waals surface area contributed by atoms with E-state index in [1.54, 1.807) is 17.8 Å². The van der Waals surface area contributed by atoms with Gasteiger partial charge in [-0.1, -0.05) is 16.9 Å². The fourth-order valence-corrected chi connectivity index (χ4v) is 7.15. The summed E-state index contributed by atoms with van der Waals surface area (Å²) >= 11 is 4.76. The van der Waals surface area contributed by atoms with Crippen molar-refractivity contribution in [3.05, 3.63) is 33.4 Å². The molecule has 0 spiro atoms. The fraction of sp³-hybridized carbons (Fsp3) is 0.316. The number of carbonyl (C=O) groups excluding carboxylic acids is 2. The zero-order chi connectivity index (χ0) is 27.7. The van der Waals surface area contributed by atoms with Crippen LogP contribution in [-0.2, 0) is 32.9 Å². The zero-order valence-electron chi connectivity index (χ0n) is 19.9. The Kier molecular flexibility index (Phi) is 7.68. The molecule has 204 valence electrons. The van der Waals surface area contributed by atoms with Crippen LogP contribution in [0.25, 0.3) is 0 Å². The molecule has 5 rings (SSSR count). The summed E-state index contributed by atoms with van der Waals surface area (Å²) in [5, 5.41) is 31.1. The van der Waals surface area contributed by atoms with Gasteiger partial charge in [0.2, 0.25) is 11.1 Å². The maximum atomic E-state index is 13.5. The minimum absolute atomic E-state index is 0.0435. The number of nitrogens with two attached hydrogens (primary N) is 2.